The van der Waals surface area contributed by atoms with E-state index < -0.39 is 93.1 Å². The first-order chi connectivity index (χ1) is 22.9. The van der Waals surface area contributed by atoms with Crippen molar-refractivity contribution in [2.24, 2.45) is 0 Å². The molecule has 0 amide bonds. The summed E-state index contributed by atoms with van der Waals surface area (Å²) in [6, 6.07) is -1.78. The highest BCUT2D eigenvalue weighted by molar-refractivity contribution is 5.78. The number of aliphatic hydroxyl groups is 8. The van der Waals surface area contributed by atoms with E-state index in [1.54, 1.807) is 0 Å². The molecule has 3 rings (SSSR count). The number of ether oxygens (including phenoxy) is 5. The van der Waals surface area contributed by atoms with Crippen LogP contribution in [-0.2, 0) is 28.5 Å². The monoisotopic (exact) mass is 698 g/mol. The van der Waals surface area contributed by atoms with Gasteiger partial charge in [0.15, 0.2) is 18.9 Å². The normalized spacial score (nSPS) is 37.2. The van der Waals surface area contributed by atoms with Crippen LogP contribution in [0.1, 0.15) is 77.6 Å². The van der Waals surface area contributed by atoms with Crippen molar-refractivity contribution in [1.82, 2.24) is 5.32 Å². The highest BCUT2D eigenvalue weighted by Gasteiger charge is 2.51. The number of nitrogens with zero attached hydrogens (tertiary/aromatic N) is 1. The Kier molecular flexibility index (Phi) is 17.4. The molecule has 3 fully saturated rings. The lowest BCUT2D eigenvalue weighted by atomic mass is 9.93. The van der Waals surface area contributed by atoms with Gasteiger partial charge in [-0.15, -0.1) is 0 Å². The fraction of sp³-hybridized carbons (Fsp3) is 0.967. The average molecular weight is 699 g/mol. The molecule has 0 aromatic carbocycles. The number of ketones is 1. The molecule has 0 radical (unpaired) electrons. The molecule has 280 valence electrons. The van der Waals surface area contributed by atoms with Gasteiger partial charge in [-0.05, 0) is 51.9 Å². The topological polar surface area (TPSA) is 280 Å². The molecule has 0 aromatic rings. The number of nitrogens with one attached hydrogen (secondary N) is 1. The molecule has 1 saturated carbocycles. The van der Waals surface area contributed by atoms with Crippen LogP contribution in [0.2, 0.25) is 0 Å². The molecule has 12 atom stereocenters. The third kappa shape index (κ3) is 12.1. The number of carbonyl (C=O) groups is 1. The van der Waals surface area contributed by atoms with Gasteiger partial charge in [0, 0.05) is 37.2 Å². The van der Waals surface area contributed by atoms with E-state index in [9.17, 15) is 55.8 Å². The van der Waals surface area contributed by atoms with Gasteiger partial charge in [-0.3, -0.25) is 20.2 Å². The maximum atomic E-state index is 12.3. The Bertz CT molecular complexity index is 956. The van der Waals surface area contributed by atoms with Crippen molar-refractivity contribution >= 4 is 5.78 Å². The number of Topliss-reactive ketones (excluding diaryl/α,β-unsaturated/α-hetero) is 1. The molecular formula is C30H54N2O16. The van der Waals surface area contributed by atoms with Crippen LogP contribution in [-0.4, -0.2) is 157 Å². The fourth-order valence-corrected chi connectivity index (χ4v) is 6.23. The predicted molar refractivity (Wildman–Crippen MR) is 162 cm³/mol. The van der Waals surface area contributed by atoms with Gasteiger partial charge >= 0.3 is 0 Å². The molecule has 2 heterocycles. The van der Waals surface area contributed by atoms with Crippen molar-refractivity contribution in [2.45, 2.75) is 164 Å². The van der Waals surface area contributed by atoms with Gasteiger partial charge < -0.3 is 64.5 Å². The molecule has 18 nitrogen and oxygen atoms in total. The summed E-state index contributed by atoms with van der Waals surface area (Å²) < 4.78 is 28.2. The largest absolute Gasteiger partial charge is 0.394 e. The second kappa shape index (κ2) is 20.4. The number of nitro groups is 1. The molecule has 8 unspecified atom stereocenters. The fourth-order valence-electron chi connectivity index (χ4n) is 6.23. The van der Waals surface area contributed by atoms with Gasteiger partial charge in [0.2, 0.25) is 6.04 Å². The zero-order chi connectivity index (χ0) is 35.4. The lowest BCUT2D eigenvalue weighted by Crippen LogP contribution is -2.68. The predicted octanol–water partition coefficient (Wildman–Crippen LogP) is -2.21. The van der Waals surface area contributed by atoms with Crippen molar-refractivity contribution in [3.8, 4) is 0 Å². The Morgan fingerprint density at radius 3 is 2.08 bits per heavy atom. The van der Waals surface area contributed by atoms with E-state index in [1.807, 2.05) is 0 Å². The summed E-state index contributed by atoms with van der Waals surface area (Å²) in [6.45, 7) is 0.0814. The van der Waals surface area contributed by atoms with Gasteiger partial charge in [-0.25, -0.2) is 0 Å². The minimum atomic E-state index is -1.60. The maximum Gasteiger partial charge on any atom is 0.213 e. The van der Waals surface area contributed by atoms with E-state index in [0.717, 1.165) is 0 Å². The zero-order valence-corrected chi connectivity index (χ0v) is 27.3. The number of hydrogen-bond acceptors (Lipinski definition) is 17. The molecule has 9 N–H and O–H groups in total. The van der Waals surface area contributed by atoms with Crippen LogP contribution >= 0.6 is 0 Å². The smallest absolute Gasteiger partial charge is 0.213 e. The maximum absolute atomic E-state index is 12.3. The van der Waals surface area contributed by atoms with Gasteiger partial charge in [-0.2, -0.15) is 0 Å². The first-order valence-electron chi connectivity index (χ1n) is 16.8. The highest BCUT2D eigenvalue weighted by atomic mass is 16.7. The Morgan fingerprint density at radius 1 is 0.875 bits per heavy atom. The zero-order valence-electron chi connectivity index (χ0n) is 27.3. The van der Waals surface area contributed by atoms with Crippen molar-refractivity contribution < 1.29 is 74.3 Å². The number of rotatable bonds is 20. The number of hydrogen-bond donors (Lipinski definition) is 9. The molecule has 2 saturated heterocycles. The summed E-state index contributed by atoms with van der Waals surface area (Å²) in [5, 5.41) is 95.3. The van der Waals surface area contributed by atoms with E-state index in [-0.39, 0.29) is 29.8 Å². The van der Waals surface area contributed by atoms with Crippen molar-refractivity contribution in [1.29, 1.82) is 0 Å². The summed E-state index contributed by atoms with van der Waals surface area (Å²) in [7, 11) is 0. The van der Waals surface area contributed by atoms with E-state index in [4.69, 9.17) is 23.7 Å². The molecule has 48 heavy (non-hydrogen) atoms. The number of aliphatic hydroxyl groups excluding tert-OH is 8. The molecule has 3 aliphatic rings. The summed E-state index contributed by atoms with van der Waals surface area (Å²) in [6.07, 6.45) is -10.4. The third-order valence-corrected chi connectivity index (χ3v) is 9.01. The highest BCUT2D eigenvalue weighted by Crippen LogP contribution is 2.30. The molecule has 1 aliphatic carbocycles. The molecule has 0 bridgehead atoms. The van der Waals surface area contributed by atoms with Crippen LogP contribution in [0.25, 0.3) is 0 Å². The van der Waals surface area contributed by atoms with Crippen LogP contribution in [0.4, 0.5) is 0 Å². The second-order valence-electron chi connectivity index (χ2n) is 12.8. The minimum Gasteiger partial charge on any atom is -0.394 e. The SMILES string of the molecule is CC(O)NC1C(O)[C@@H](O)C(CO)O[C@@H]1OC1C(O)[C@H](OCCCCC(=O)CCCCC(O)OC2CCC([N+](=O)[O-])CC2)OC(CO)[C@@H]1O. The Labute approximate surface area is 279 Å². The quantitative estimate of drug-likeness (QED) is 0.0282. The lowest BCUT2D eigenvalue weighted by Gasteiger charge is -2.47. The summed E-state index contributed by atoms with van der Waals surface area (Å²) in [4.78, 5) is 22.9. The van der Waals surface area contributed by atoms with Crippen molar-refractivity contribution in [2.75, 3.05) is 19.8 Å². The van der Waals surface area contributed by atoms with E-state index in [1.165, 1.54) is 6.92 Å². The van der Waals surface area contributed by atoms with Crippen LogP contribution in [0.3, 0.4) is 0 Å². The van der Waals surface area contributed by atoms with E-state index in [0.29, 0.717) is 64.2 Å². The standard InChI is InChI=1S/C30H54N2O16/c1-16(35)31-23-26(40)24(38)20(14-33)46-29(23)48-28-25(39)21(15-34)47-30(27(28)41)44-13-5-4-7-18(36)6-2-3-8-22(37)45-19-11-9-17(10-12-19)32(42)43/h16-17,19-31,33-35,37-41H,2-15H2,1H3/t16?,17?,19?,20?,21?,22?,23?,24-,25-,26?,27?,28?,29+,30+/m0/s1. The number of unbranched alkanes of at least 4 members (excludes halogenated alkanes) is 2. The van der Waals surface area contributed by atoms with Crippen LogP contribution in [0.5, 0.6) is 0 Å². The van der Waals surface area contributed by atoms with Crippen molar-refractivity contribution in [3.63, 3.8) is 0 Å². The first-order valence-corrected chi connectivity index (χ1v) is 16.8. The second-order valence-corrected chi connectivity index (χ2v) is 12.8. The molecular weight excluding hydrogens is 644 g/mol. The van der Waals surface area contributed by atoms with Crippen molar-refractivity contribution in [3.05, 3.63) is 10.1 Å². The molecule has 0 aromatic heterocycles. The molecule has 2 aliphatic heterocycles. The Morgan fingerprint density at radius 2 is 1.48 bits per heavy atom. The van der Waals surface area contributed by atoms with E-state index in [2.05, 4.69) is 5.32 Å². The van der Waals surface area contributed by atoms with Crippen LogP contribution in [0, 0.1) is 10.1 Å². The first kappa shape index (κ1) is 40.9. The molecule has 18 heteroatoms. The Hall–Kier alpha value is -1.49. The number of carbonyl (C=O) groups excluding carboxylic acids is 1. The third-order valence-electron chi connectivity index (χ3n) is 9.01. The summed E-state index contributed by atoms with van der Waals surface area (Å²) >= 11 is 0. The average Bonchev–Trinajstić information content (AvgIpc) is 3.05. The molecule has 0 spiro atoms. The summed E-state index contributed by atoms with van der Waals surface area (Å²) in [5.74, 6) is 0.0377. The van der Waals surface area contributed by atoms with Gasteiger partial charge in [-0.1, -0.05) is 0 Å². The lowest BCUT2D eigenvalue weighted by molar-refractivity contribution is -0.527. The summed E-state index contributed by atoms with van der Waals surface area (Å²) in [5.41, 5.74) is 0. The van der Waals surface area contributed by atoms with Gasteiger partial charge in [0.05, 0.1) is 25.4 Å². The van der Waals surface area contributed by atoms with Crippen LogP contribution < -0.4 is 5.32 Å². The van der Waals surface area contributed by atoms with Gasteiger partial charge in [0.25, 0.3) is 0 Å². The van der Waals surface area contributed by atoms with E-state index >= 15 is 0 Å². The van der Waals surface area contributed by atoms with Crippen LogP contribution in [0.15, 0.2) is 0 Å². The van der Waals surface area contributed by atoms with Gasteiger partial charge in [0.1, 0.15) is 54.7 Å². The Balaban J connectivity index is 1.37. The minimum absolute atomic E-state index is 0.0377.